The summed E-state index contributed by atoms with van der Waals surface area (Å²) < 4.78 is 12.8. The van der Waals surface area contributed by atoms with Crippen LogP contribution >= 0.6 is 0 Å². The second-order valence-corrected chi connectivity index (χ2v) is 4.67. The first kappa shape index (κ1) is 14.4. The molecule has 0 bridgehead atoms. The van der Waals surface area contributed by atoms with Gasteiger partial charge in [-0.05, 0) is 6.42 Å². The minimum absolute atomic E-state index is 0.0590. The van der Waals surface area contributed by atoms with Gasteiger partial charge in [-0.3, -0.25) is 4.90 Å². The topological polar surface area (TPSA) is 90.9 Å². The van der Waals surface area contributed by atoms with E-state index in [1.807, 2.05) is 11.8 Å². The molecule has 20 heavy (non-hydrogen) atoms. The van der Waals surface area contributed by atoms with E-state index in [1.54, 1.807) is 0 Å². The Morgan fingerprint density at radius 1 is 1.40 bits per heavy atom. The Kier molecular flexibility index (Phi) is 4.67. The van der Waals surface area contributed by atoms with Gasteiger partial charge in [-0.15, -0.1) is 0 Å². The summed E-state index contributed by atoms with van der Waals surface area (Å²) in [5.41, 5.74) is 5.70. The minimum atomic E-state index is -0.439. The van der Waals surface area contributed by atoms with Gasteiger partial charge >= 0.3 is 0 Å². The van der Waals surface area contributed by atoms with Crippen molar-refractivity contribution in [3.05, 3.63) is 18.2 Å². The van der Waals surface area contributed by atoms with Crippen LogP contribution in [0, 0.1) is 5.82 Å². The molecule has 0 amide bonds. The molecule has 1 unspecified atom stereocenters. The highest BCUT2D eigenvalue weighted by molar-refractivity contribution is 5.85. The van der Waals surface area contributed by atoms with E-state index < -0.39 is 5.82 Å². The Hall–Kier alpha value is -1.96. The number of aromatic nitrogens is 2. The van der Waals surface area contributed by atoms with Crippen LogP contribution in [0.25, 0.3) is 0 Å². The van der Waals surface area contributed by atoms with Crippen molar-refractivity contribution < 1.29 is 9.60 Å². The summed E-state index contributed by atoms with van der Waals surface area (Å²) in [7, 11) is 0. The Morgan fingerprint density at radius 2 is 2.00 bits per heavy atom. The summed E-state index contributed by atoms with van der Waals surface area (Å²) >= 11 is 0. The Morgan fingerprint density at radius 3 is 2.50 bits per heavy atom. The molecule has 1 aromatic rings. The van der Waals surface area contributed by atoms with Gasteiger partial charge < -0.3 is 15.8 Å². The van der Waals surface area contributed by atoms with Crippen molar-refractivity contribution in [2.45, 2.75) is 19.4 Å². The molecule has 110 valence electrons. The number of hydrogen-bond acceptors (Lipinski definition) is 6. The number of oxime groups is 1. The summed E-state index contributed by atoms with van der Waals surface area (Å²) in [6, 6.07) is -0.0590. The smallest absolute Gasteiger partial charge is 0.225 e. The molecule has 1 aliphatic rings. The maximum Gasteiger partial charge on any atom is 0.225 e. The van der Waals surface area contributed by atoms with Gasteiger partial charge in [-0.2, -0.15) is 0 Å². The van der Waals surface area contributed by atoms with Gasteiger partial charge in [0.25, 0.3) is 0 Å². The second kappa shape index (κ2) is 6.47. The van der Waals surface area contributed by atoms with Crippen molar-refractivity contribution in [1.29, 1.82) is 0 Å². The van der Waals surface area contributed by atoms with Crippen LogP contribution in [-0.2, 0) is 0 Å². The first-order chi connectivity index (χ1) is 9.65. The SMILES string of the molecule is CCC(C(N)=NO)N1CCN(c2ncc(F)cn2)CC1. The lowest BCUT2D eigenvalue weighted by atomic mass is 10.1. The van der Waals surface area contributed by atoms with Crippen LogP contribution in [0.2, 0.25) is 0 Å². The summed E-state index contributed by atoms with van der Waals surface area (Å²) in [5.74, 6) is 0.326. The fourth-order valence-corrected chi connectivity index (χ4v) is 2.42. The molecular weight excluding hydrogens is 263 g/mol. The monoisotopic (exact) mass is 282 g/mol. The van der Waals surface area contributed by atoms with E-state index in [9.17, 15) is 4.39 Å². The van der Waals surface area contributed by atoms with Gasteiger partial charge in [0, 0.05) is 26.2 Å². The van der Waals surface area contributed by atoms with Crippen molar-refractivity contribution in [3.8, 4) is 0 Å². The number of nitrogens with two attached hydrogens (primary N) is 1. The Labute approximate surface area is 116 Å². The van der Waals surface area contributed by atoms with Crippen LogP contribution < -0.4 is 10.6 Å². The molecule has 0 aromatic carbocycles. The fraction of sp³-hybridized carbons (Fsp3) is 0.583. The average Bonchev–Trinajstić information content (AvgIpc) is 2.49. The lowest BCUT2D eigenvalue weighted by Gasteiger charge is -2.38. The standard InChI is InChI=1S/C12H19FN6O/c1-2-10(11(14)17-20)18-3-5-19(6-4-18)12-15-7-9(13)8-16-12/h7-8,10,20H,2-6H2,1H3,(H2,14,17). The molecule has 2 heterocycles. The Balaban J connectivity index is 1.96. The van der Waals surface area contributed by atoms with Gasteiger partial charge in [0.2, 0.25) is 5.95 Å². The summed E-state index contributed by atoms with van der Waals surface area (Å²) in [6.07, 6.45) is 3.11. The molecule has 8 heteroatoms. The van der Waals surface area contributed by atoms with E-state index >= 15 is 0 Å². The summed E-state index contributed by atoms with van der Waals surface area (Å²) in [4.78, 5) is 12.1. The highest BCUT2D eigenvalue weighted by Crippen LogP contribution is 2.14. The maximum atomic E-state index is 12.8. The third kappa shape index (κ3) is 3.13. The molecule has 1 fully saturated rings. The minimum Gasteiger partial charge on any atom is -0.409 e. The van der Waals surface area contributed by atoms with E-state index in [2.05, 4.69) is 20.0 Å². The van der Waals surface area contributed by atoms with Crippen molar-refractivity contribution >= 4 is 11.8 Å². The first-order valence-electron chi connectivity index (χ1n) is 6.59. The molecule has 0 aliphatic carbocycles. The summed E-state index contributed by atoms with van der Waals surface area (Å²) in [6.45, 7) is 4.96. The normalized spacial score (nSPS) is 19.1. The van der Waals surface area contributed by atoms with E-state index in [1.165, 1.54) is 12.4 Å². The van der Waals surface area contributed by atoms with Crippen LogP contribution in [0.3, 0.4) is 0 Å². The van der Waals surface area contributed by atoms with E-state index in [0.717, 1.165) is 32.6 Å². The van der Waals surface area contributed by atoms with Crippen molar-refractivity contribution in [1.82, 2.24) is 14.9 Å². The van der Waals surface area contributed by atoms with Gasteiger partial charge in [0.15, 0.2) is 11.7 Å². The van der Waals surface area contributed by atoms with Crippen LogP contribution in [-0.4, -0.2) is 58.1 Å². The van der Waals surface area contributed by atoms with E-state index in [4.69, 9.17) is 10.9 Å². The molecule has 1 aliphatic heterocycles. The molecule has 1 saturated heterocycles. The number of halogens is 1. The molecule has 1 atom stereocenters. The lowest BCUT2D eigenvalue weighted by Crippen LogP contribution is -2.54. The zero-order valence-corrected chi connectivity index (χ0v) is 11.4. The lowest BCUT2D eigenvalue weighted by molar-refractivity contribution is 0.215. The highest BCUT2D eigenvalue weighted by Gasteiger charge is 2.26. The van der Waals surface area contributed by atoms with Gasteiger partial charge in [0.1, 0.15) is 0 Å². The summed E-state index contributed by atoms with van der Waals surface area (Å²) in [5, 5.41) is 11.9. The molecule has 1 aromatic heterocycles. The van der Waals surface area contributed by atoms with Crippen molar-refractivity contribution in [2.24, 2.45) is 10.9 Å². The van der Waals surface area contributed by atoms with E-state index in [0.29, 0.717) is 5.95 Å². The number of amidine groups is 1. The quantitative estimate of drug-likeness (QED) is 0.356. The number of rotatable bonds is 4. The highest BCUT2D eigenvalue weighted by atomic mass is 19.1. The van der Waals surface area contributed by atoms with Gasteiger partial charge in [-0.25, -0.2) is 14.4 Å². The predicted octanol–water partition coefficient (Wildman–Crippen LogP) is 0.263. The molecule has 0 spiro atoms. The number of anilines is 1. The Bertz CT molecular complexity index is 458. The molecule has 0 saturated carbocycles. The van der Waals surface area contributed by atoms with Crippen molar-refractivity contribution in [2.75, 3.05) is 31.1 Å². The van der Waals surface area contributed by atoms with Gasteiger partial charge in [-0.1, -0.05) is 12.1 Å². The maximum absolute atomic E-state index is 12.8. The third-order valence-corrected chi connectivity index (χ3v) is 3.49. The second-order valence-electron chi connectivity index (χ2n) is 4.67. The zero-order chi connectivity index (χ0) is 14.5. The molecular formula is C12H19FN6O. The predicted molar refractivity (Wildman–Crippen MR) is 73.3 cm³/mol. The first-order valence-corrected chi connectivity index (χ1v) is 6.59. The molecule has 2 rings (SSSR count). The van der Waals surface area contributed by atoms with Gasteiger partial charge in [0.05, 0.1) is 18.4 Å². The molecule has 7 nitrogen and oxygen atoms in total. The van der Waals surface area contributed by atoms with Crippen LogP contribution in [0.5, 0.6) is 0 Å². The number of piperazine rings is 1. The average molecular weight is 282 g/mol. The van der Waals surface area contributed by atoms with Crippen molar-refractivity contribution in [3.63, 3.8) is 0 Å². The number of hydrogen-bond donors (Lipinski definition) is 2. The van der Waals surface area contributed by atoms with Crippen LogP contribution in [0.4, 0.5) is 10.3 Å². The van der Waals surface area contributed by atoms with Crippen LogP contribution in [0.15, 0.2) is 17.5 Å². The zero-order valence-electron chi connectivity index (χ0n) is 11.4. The molecule has 3 N–H and O–H groups in total. The fourth-order valence-electron chi connectivity index (χ4n) is 2.42. The number of nitrogens with zero attached hydrogens (tertiary/aromatic N) is 5. The molecule has 0 radical (unpaired) electrons. The third-order valence-electron chi connectivity index (χ3n) is 3.49. The largest absolute Gasteiger partial charge is 0.409 e. The van der Waals surface area contributed by atoms with Crippen LogP contribution in [0.1, 0.15) is 13.3 Å². The van der Waals surface area contributed by atoms with E-state index in [-0.39, 0.29) is 11.9 Å².